The van der Waals surface area contributed by atoms with E-state index in [4.69, 9.17) is 0 Å². The van der Waals surface area contributed by atoms with E-state index in [-0.39, 0.29) is 18.2 Å². The van der Waals surface area contributed by atoms with E-state index in [1.165, 1.54) is 0 Å². The number of pyridine rings is 1. The van der Waals surface area contributed by atoms with Crippen molar-refractivity contribution in [3.63, 3.8) is 0 Å². The van der Waals surface area contributed by atoms with E-state index in [0.717, 1.165) is 0 Å². The lowest BCUT2D eigenvalue weighted by Gasteiger charge is -2.09. The van der Waals surface area contributed by atoms with Crippen molar-refractivity contribution in [1.82, 2.24) is 25.3 Å². The van der Waals surface area contributed by atoms with Crippen molar-refractivity contribution < 1.29 is 9.59 Å². The van der Waals surface area contributed by atoms with Gasteiger partial charge in [0.05, 0.1) is 30.7 Å². The summed E-state index contributed by atoms with van der Waals surface area (Å²) >= 11 is 0. The van der Waals surface area contributed by atoms with Crippen LogP contribution in [0, 0.1) is 6.92 Å². The molecule has 0 aliphatic rings. The first-order chi connectivity index (χ1) is 11.1. The van der Waals surface area contributed by atoms with Crippen molar-refractivity contribution in [2.75, 3.05) is 18.4 Å². The molecule has 0 spiro atoms. The third-order valence-corrected chi connectivity index (χ3v) is 3.24. The van der Waals surface area contributed by atoms with E-state index in [9.17, 15) is 9.59 Å². The Balaban J connectivity index is 1.79. The van der Waals surface area contributed by atoms with Crippen molar-refractivity contribution in [3.05, 3.63) is 35.9 Å². The van der Waals surface area contributed by atoms with Crippen LogP contribution in [-0.4, -0.2) is 44.8 Å². The molecule has 122 valence electrons. The number of hydrogen-bond acceptors (Lipinski definition) is 6. The molecule has 0 aliphatic carbocycles. The Labute approximate surface area is 134 Å². The van der Waals surface area contributed by atoms with Crippen LogP contribution in [0.2, 0.25) is 0 Å². The van der Waals surface area contributed by atoms with E-state index in [2.05, 4.69) is 25.9 Å². The highest BCUT2D eigenvalue weighted by atomic mass is 16.2. The lowest BCUT2D eigenvalue weighted by Crippen LogP contribution is -2.30. The van der Waals surface area contributed by atoms with Crippen LogP contribution in [0.25, 0.3) is 0 Å². The summed E-state index contributed by atoms with van der Waals surface area (Å²) in [7, 11) is 0. The average Bonchev–Trinajstić information content (AvgIpc) is 3.06. The Morgan fingerprint density at radius 3 is 2.78 bits per heavy atom. The van der Waals surface area contributed by atoms with E-state index in [1.54, 1.807) is 43.1 Å². The predicted octanol–water partition coefficient (Wildman–Crippen LogP) is 0.803. The highest BCUT2D eigenvalue weighted by Crippen LogP contribution is 2.13. The van der Waals surface area contributed by atoms with Crippen LogP contribution in [0.1, 0.15) is 29.5 Å². The normalized spacial score (nSPS) is 10.5. The molecular formula is C15H20N6O2. The lowest BCUT2D eigenvalue weighted by atomic mass is 10.2. The number of ketones is 1. The van der Waals surface area contributed by atoms with Gasteiger partial charge in [0.15, 0.2) is 5.78 Å². The van der Waals surface area contributed by atoms with Crippen molar-refractivity contribution in [2.45, 2.75) is 26.8 Å². The Hall–Kier alpha value is -2.61. The van der Waals surface area contributed by atoms with Gasteiger partial charge in [-0.15, -0.1) is 5.10 Å². The second kappa shape index (κ2) is 8.14. The van der Waals surface area contributed by atoms with Crippen molar-refractivity contribution in [2.24, 2.45) is 0 Å². The van der Waals surface area contributed by atoms with Gasteiger partial charge in [0.1, 0.15) is 5.69 Å². The Morgan fingerprint density at radius 1 is 1.30 bits per heavy atom. The maximum atomic E-state index is 11.9. The molecule has 0 bridgehead atoms. The molecule has 2 aromatic rings. The molecule has 0 saturated heterocycles. The van der Waals surface area contributed by atoms with Gasteiger partial charge in [-0.2, -0.15) is 0 Å². The molecule has 0 atom stereocenters. The van der Waals surface area contributed by atoms with E-state index >= 15 is 0 Å². The number of Topliss-reactive ketones (excluding diaryl/α,β-unsaturated/α-hetero) is 1. The zero-order valence-electron chi connectivity index (χ0n) is 13.2. The molecule has 0 unspecified atom stereocenters. The summed E-state index contributed by atoms with van der Waals surface area (Å²) in [5.74, 6) is -0.177. The maximum absolute atomic E-state index is 11.9. The molecule has 8 heteroatoms. The Bertz CT molecular complexity index is 669. The van der Waals surface area contributed by atoms with Crippen LogP contribution in [0.15, 0.2) is 24.5 Å². The number of rotatable bonds is 8. The molecule has 2 aromatic heterocycles. The van der Waals surface area contributed by atoms with Crippen LogP contribution in [-0.2, 0) is 11.3 Å². The number of hydrogen-bond donors (Lipinski definition) is 2. The van der Waals surface area contributed by atoms with Gasteiger partial charge in [-0.3, -0.25) is 14.3 Å². The van der Waals surface area contributed by atoms with Crippen LogP contribution in [0.4, 0.5) is 5.69 Å². The third-order valence-electron chi connectivity index (χ3n) is 3.24. The maximum Gasteiger partial charge on any atom is 0.238 e. The molecule has 0 aromatic carbocycles. The molecule has 8 nitrogen and oxygen atoms in total. The lowest BCUT2D eigenvalue weighted by molar-refractivity contribution is -0.115. The van der Waals surface area contributed by atoms with Crippen molar-refractivity contribution >= 4 is 17.4 Å². The summed E-state index contributed by atoms with van der Waals surface area (Å²) < 4.78 is 1.68. The zero-order valence-corrected chi connectivity index (χ0v) is 13.2. The SMILES string of the molecule is CCC(=O)c1ccc(NC(=O)CNCCn2ccnn2)c(C)n1. The van der Waals surface area contributed by atoms with Gasteiger partial charge in [0, 0.05) is 19.2 Å². The fraction of sp³-hybridized carbons (Fsp3) is 0.400. The fourth-order valence-electron chi connectivity index (χ4n) is 1.97. The number of carbonyl (C=O) groups is 2. The minimum Gasteiger partial charge on any atom is -0.323 e. The highest BCUT2D eigenvalue weighted by Gasteiger charge is 2.09. The smallest absolute Gasteiger partial charge is 0.238 e. The number of carbonyl (C=O) groups excluding carboxylic acids is 2. The van der Waals surface area contributed by atoms with Gasteiger partial charge < -0.3 is 10.6 Å². The molecule has 0 saturated carbocycles. The zero-order chi connectivity index (χ0) is 16.7. The monoisotopic (exact) mass is 316 g/mol. The molecule has 0 fully saturated rings. The van der Waals surface area contributed by atoms with E-state index < -0.39 is 0 Å². The van der Waals surface area contributed by atoms with Gasteiger partial charge in [0.25, 0.3) is 0 Å². The molecule has 0 aliphatic heterocycles. The summed E-state index contributed by atoms with van der Waals surface area (Å²) in [5.41, 5.74) is 1.66. The van der Waals surface area contributed by atoms with E-state index in [0.29, 0.717) is 36.6 Å². The largest absolute Gasteiger partial charge is 0.323 e. The minimum absolute atomic E-state index is 0.0132. The third kappa shape index (κ3) is 4.96. The van der Waals surface area contributed by atoms with Gasteiger partial charge >= 0.3 is 0 Å². The summed E-state index contributed by atoms with van der Waals surface area (Å²) in [5, 5.41) is 13.3. The van der Waals surface area contributed by atoms with Crippen molar-refractivity contribution in [3.8, 4) is 0 Å². The van der Waals surface area contributed by atoms with Gasteiger partial charge in [-0.25, -0.2) is 4.98 Å². The van der Waals surface area contributed by atoms with Gasteiger partial charge in [-0.05, 0) is 19.1 Å². The summed E-state index contributed by atoms with van der Waals surface area (Å²) in [6, 6.07) is 3.34. The van der Waals surface area contributed by atoms with Crippen molar-refractivity contribution in [1.29, 1.82) is 0 Å². The molecule has 23 heavy (non-hydrogen) atoms. The Kier molecular flexibility index (Phi) is 5.93. The Morgan fingerprint density at radius 2 is 2.13 bits per heavy atom. The standard InChI is InChI=1S/C15H20N6O2/c1-3-14(22)13-5-4-12(11(2)18-13)19-15(23)10-16-6-8-21-9-7-17-20-21/h4-5,7,9,16H,3,6,8,10H2,1-2H3,(H,19,23). The summed E-state index contributed by atoms with van der Waals surface area (Å²) in [4.78, 5) is 27.7. The molecule has 2 rings (SSSR count). The number of aromatic nitrogens is 4. The van der Waals surface area contributed by atoms with Crippen LogP contribution < -0.4 is 10.6 Å². The second-order valence-corrected chi connectivity index (χ2v) is 5.00. The summed E-state index contributed by atoms with van der Waals surface area (Å²) in [6.45, 7) is 4.99. The first-order valence-corrected chi connectivity index (χ1v) is 7.45. The first-order valence-electron chi connectivity index (χ1n) is 7.45. The first kappa shape index (κ1) is 16.8. The molecule has 1 amide bonds. The number of aryl methyl sites for hydroxylation is 1. The van der Waals surface area contributed by atoms with Crippen LogP contribution in [0.5, 0.6) is 0 Å². The topological polar surface area (TPSA) is 102 Å². The fourth-order valence-corrected chi connectivity index (χ4v) is 1.97. The van der Waals surface area contributed by atoms with Gasteiger partial charge in [0.2, 0.25) is 5.91 Å². The molecule has 2 heterocycles. The van der Waals surface area contributed by atoms with Gasteiger partial charge in [-0.1, -0.05) is 12.1 Å². The second-order valence-electron chi connectivity index (χ2n) is 5.00. The minimum atomic E-state index is -0.164. The number of anilines is 1. The highest BCUT2D eigenvalue weighted by molar-refractivity contribution is 5.96. The predicted molar refractivity (Wildman–Crippen MR) is 85.1 cm³/mol. The summed E-state index contributed by atoms with van der Waals surface area (Å²) in [6.07, 6.45) is 3.78. The van der Waals surface area contributed by atoms with E-state index in [1.807, 2.05) is 0 Å². The molecular weight excluding hydrogens is 296 g/mol. The average molecular weight is 316 g/mol. The number of nitrogens with one attached hydrogen (secondary N) is 2. The molecule has 2 N–H and O–H groups in total. The number of amides is 1. The molecule has 0 radical (unpaired) electrons. The number of nitrogens with zero attached hydrogens (tertiary/aromatic N) is 4. The van der Waals surface area contributed by atoms with Crippen LogP contribution >= 0.6 is 0 Å². The quantitative estimate of drug-likeness (QED) is 0.552. The van der Waals surface area contributed by atoms with Crippen LogP contribution in [0.3, 0.4) is 0 Å².